The van der Waals surface area contributed by atoms with E-state index in [0.717, 1.165) is 0 Å². The molecule has 4 amide bonds. The van der Waals surface area contributed by atoms with Gasteiger partial charge < -0.3 is 26.0 Å². The largest absolute Gasteiger partial charge is 0.411 e. The highest BCUT2D eigenvalue weighted by Crippen LogP contribution is 2.50. The second kappa shape index (κ2) is 12.4. The quantitative estimate of drug-likeness (QED) is 0.213. The van der Waals surface area contributed by atoms with Crippen molar-refractivity contribution in [2.45, 2.75) is 36.6 Å². The monoisotopic (exact) mass is 641 g/mol. The molecular weight excluding hydrogens is 612 g/mol. The number of ether oxygens (including phenoxy) is 1. The van der Waals surface area contributed by atoms with Gasteiger partial charge >= 0.3 is 6.09 Å². The molecular formula is C30H29F2N5O5S2. The van der Waals surface area contributed by atoms with E-state index in [0.29, 0.717) is 29.0 Å². The number of alkyl halides is 2. The molecule has 1 aliphatic heterocycles. The lowest BCUT2D eigenvalue weighted by atomic mass is 10.0. The van der Waals surface area contributed by atoms with Gasteiger partial charge in [0.1, 0.15) is 6.04 Å². The zero-order chi connectivity index (χ0) is 31.8. The highest BCUT2D eigenvalue weighted by atomic mass is 32.2. The number of carbonyl (C=O) groups is 4. The van der Waals surface area contributed by atoms with Gasteiger partial charge in [-0.15, -0.1) is 11.3 Å². The number of nitrogens with two attached hydrogens (primary N) is 1. The van der Waals surface area contributed by atoms with Gasteiger partial charge in [0, 0.05) is 44.3 Å². The molecule has 2 heterocycles. The summed E-state index contributed by atoms with van der Waals surface area (Å²) < 4.78 is 34.4. The van der Waals surface area contributed by atoms with Gasteiger partial charge in [0.15, 0.2) is 0 Å². The van der Waals surface area contributed by atoms with Gasteiger partial charge in [-0.25, -0.2) is 4.79 Å². The standard InChI is InChI=1S/C30H29F2N5O5S2/c1-15(24-10-17(14-44-24)26(33)42-29(34)41)36-28(40)23-11-18(43-2)13-37(23)25(38)12-35-27(39)16-7-8-22-20(9-16)19-5-3-4-6-21(19)30(22,31)32/h3-10,14-15,18,23,33H,11-13H2,1-2H3,(H2,34,41)(H,35,39)(H,36,40)/t15-,18-,23+/m1/s1. The molecule has 10 nitrogen and oxygen atoms in total. The van der Waals surface area contributed by atoms with Crippen molar-refractivity contribution < 1.29 is 32.7 Å². The molecule has 5 rings (SSSR count). The number of nitrogens with zero attached hydrogens (tertiary/aromatic N) is 1. The van der Waals surface area contributed by atoms with E-state index in [-0.39, 0.29) is 40.0 Å². The van der Waals surface area contributed by atoms with Crippen LogP contribution in [0, 0.1) is 5.41 Å². The second-order valence-electron chi connectivity index (χ2n) is 10.4. The topological polar surface area (TPSA) is 155 Å². The van der Waals surface area contributed by atoms with E-state index in [2.05, 4.69) is 15.4 Å². The van der Waals surface area contributed by atoms with E-state index in [9.17, 15) is 28.0 Å². The first kappa shape index (κ1) is 31.1. The number of nitrogens with one attached hydrogen (secondary N) is 3. The SMILES string of the molecule is CS[C@@H]1C[C@@H](C(=O)N[C@H](C)c2cc(C(=N)OC(N)=O)cs2)N(C(=O)CNC(=O)c2ccc3c(c2)-c2ccccc2C3(F)F)C1. The van der Waals surface area contributed by atoms with Gasteiger partial charge in [-0.1, -0.05) is 30.3 Å². The maximum absolute atomic E-state index is 14.9. The number of halogens is 2. The summed E-state index contributed by atoms with van der Waals surface area (Å²) >= 11 is 2.79. The Morgan fingerprint density at radius 1 is 1.14 bits per heavy atom. The number of thiophene rings is 1. The average molecular weight is 642 g/mol. The second-order valence-corrected chi connectivity index (χ2v) is 12.5. The van der Waals surface area contributed by atoms with Crippen molar-refractivity contribution >= 4 is 52.8 Å². The Hall–Kier alpha value is -4.30. The van der Waals surface area contributed by atoms with Crippen molar-refractivity contribution in [2.24, 2.45) is 5.73 Å². The molecule has 0 spiro atoms. The fraction of sp³-hybridized carbons (Fsp3) is 0.300. The smallest absolute Gasteiger partial charge is 0.391 e. The number of rotatable bonds is 8. The summed E-state index contributed by atoms with van der Waals surface area (Å²) in [6.45, 7) is 1.70. The van der Waals surface area contributed by atoms with Crippen LogP contribution in [0.4, 0.5) is 13.6 Å². The first-order valence-electron chi connectivity index (χ1n) is 13.6. The van der Waals surface area contributed by atoms with E-state index >= 15 is 0 Å². The highest BCUT2D eigenvalue weighted by Gasteiger charge is 2.44. The summed E-state index contributed by atoms with van der Waals surface area (Å²) in [5.41, 5.74) is 5.78. The van der Waals surface area contributed by atoms with E-state index in [1.165, 1.54) is 52.3 Å². The van der Waals surface area contributed by atoms with Gasteiger partial charge in [0.05, 0.1) is 12.6 Å². The fourth-order valence-corrected chi connectivity index (χ4v) is 6.99. The van der Waals surface area contributed by atoms with Gasteiger partial charge in [-0.2, -0.15) is 20.5 Å². The molecule has 3 aromatic rings. The number of benzene rings is 2. The van der Waals surface area contributed by atoms with E-state index < -0.39 is 41.8 Å². The predicted molar refractivity (Wildman–Crippen MR) is 163 cm³/mol. The maximum atomic E-state index is 14.9. The Morgan fingerprint density at radius 3 is 2.59 bits per heavy atom. The van der Waals surface area contributed by atoms with Crippen LogP contribution in [0.2, 0.25) is 0 Å². The number of hydrogen-bond acceptors (Lipinski definition) is 8. The summed E-state index contributed by atoms with van der Waals surface area (Å²) in [6.07, 6.45) is 1.21. The van der Waals surface area contributed by atoms with Crippen LogP contribution in [0.25, 0.3) is 11.1 Å². The molecule has 1 aromatic heterocycles. The summed E-state index contributed by atoms with van der Waals surface area (Å²) in [7, 11) is 0. The number of carbonyl (C=O) groups excluding carboxylic acids is 4. The Bertz CT molecular complexity index is 1660. The minimum atomic E-state index is -3.16. The molecule has 1 aliphatic carbocycles. The highest BCUT2D eigenvalue weighted by molar-refractivity contribution is 7.99. The normalized spacial score (nSPS) is 18.6. The number of fused-ring (bicyclic) bond motifs is 3. The Kier molecular flexibility index (Phi) is 8.75. The van der Waals surface area contributed by atoms with E-state index in [1.54, 1.807) is 36.6 Å². The molecule has 230 valence electrons. The van der Waals surface area contributed by atoms with Crippen LogP contribution in [0.3, 0.4) is 0 Å². The molecule has 0 bridgehead atoms. The molecule has 14 heteroatoms. The lowest BCUT2D eigenvalue weighted by Gasteiger charge is -2.25. The van der Waals surface area contributed by atoms with Crippen molar-refractivity contribution in [1.29, 1.82) is 5.41 Å². The number of amides is 4. The fourth-order valence-electron chi connectivity index (χ4n) is 5.41. The Morgan fingerprint density at radius 2 is 1.86 bits per heavy atom. The minimum Gasteiger partial charge on any atom is -0.391 e. The number of thioether (sulfide) groups is 1. The van der Waals surface area contributed by atoms with Crippen LogP contribution < -0.4 is 16.4 Å². The third kappa shape index (κ3) is 6.04. The van der Waals surface area contributed by atoms with Gasteiger partial charge in [-0.05, 0) is 48.9 Å². The van der Waals surface area contributed by atoms with Crippen molar-refractivity contribution in [3.63, 3.8) is 0 Å². The lowest BCUT2D eigenvalue weighted by molar-refractivity contribution is -0.137. The van der Waals surface area contributed by atoms with Gasteiger partial charge in [0.25, 0.3) is 11.8 Å². The average Bonchev–Trinajstić information content (AvgIpc) is 3.72. The van der Waals surface area contributed by atoms with E-state index in [4.69, 9.17) is 11.1 Å². The first-order valence-corrected chi connectivity index (χ1v) is 15.7. The third-order valence-electron chi connectivity index (χ3n) is 7.66. The van der Waals surface area contributed by atoms with Crippen molar-refractivity contribution in [3.05, 3.63) is 81.0 Å². The van der Waals surface area contributed by atoms with Crippen LogP contribution in [0.5, 0.6) is 0 Å². The van der Waals surface area contributed by atoms with Crippen LogP contribution in [0.15, 0.2) is 53.9 Å². The van der Waals surface area contributed by atoms with Crippen LogP contribution >= 0.6 is 23.1 Å². The van der Waals surface area contributed by atoms with Crippen LogP contribution in [-0.4, -0.2) is 65.2 Å². The Labute approximate surface area is 259 Å². The van der Waals surface area contributed by atoms with Crippen LogP contribution in [0.1, 0.15) is 51.3 Å². The zero-order valence-corrected chi connectivity index (χ0v) is 25.3. The summed E-state index contributed by atoms with van der Waals surface area (Å²) in [6, 6.07) is 10.5. The molecule has 3 atom stereocenters. The van der Waals surface area contributed by atoms with Crippen molar-refractivity contribution in [1.82, 2.24) is 15.5 Å². The molecule has 44 heavy (non-hydrogen) atoms. The predicted octanol–water partition coefficient (Wildman–Crippen LogP) is 4.23. The minimum absolute atomic E-state index is 0.0129. The number of likely N-dealkylation sites (tertiary alicyclic amines) is 1. The van der Waals surface area contributed by atoms with Crippen molar-refractivity contribution in [2.75, 3.05) is 19.3 Å². The molecule has 5 N–H and O–H groups in total. The van der Waals surface area contributed by atoms with Crippen molar-refractivity contribution in [3.8, 4) is 11.1 Å². The van der Waals surface area contributed by atoms with Gasteiger partial charge in [0.2, 0.25) is 17.7 Å². The lowest BCUT2D eigenvalue weighted by Crippen LogP contribution is -2.49. The maximum Gasteiger partial charge on any atom is 0.411 e. The molecule has 0 radical (unpaired) electrons. The van der Waals surface area contributed by atoms with Crippen LogP contribution in [-0.2, 0) is 20.2 Å². The molecule has 2 aromatic carbocycles. The number of hydrogen-bond donors (Lipinski definition) is 4. The molecule has 2 aliphatic rings. The number of primary amides is 1. The molecule has 1 fully saturated rings. The Balaban J connectivity index is 1.23. The summed E-state index contributed by atoms with van der Waals surface area (Å²) in [5, 5.41) is 14.9. The summed E-state index contributed by atoms with van der Waals surface area (Å²) in [5.74, 6) is -4.98. The molecule has 0 saturated carbocycles. The summed E-state index contributed by atoms with van der Waals surface area (Å²) in [4.78, 5) is 52.7. The van der Waals surface area contributed by atoms with Gasteiger partial charge in [-0.3, -0.25) is 19.8 Å². The van der Waals surface area contributed by atoms with E-state index in [1.807, 2.05) is 6.26 Å². The molecule has 1 saturated heterocycles. The third-order valence-corrected chi connectivity index (χ3v) is 9.79. The molecule has 0 unspecified atom stereocenters. The zero-order valence-electron chi connectivity index (χ0n) is 23.7. The first-order chi connectivity index (χ1) is 20.9.